The van der Waals surface area contributed by atoms with Crippen molar-refractivity contribution < 1.29 is 4.79 Å². The van der Waals surface area contributed by atoms with Gasteiger partial charge in [-0.25, -0.2) is 9.97 Å². The monoisotopic (exact) mass is 312 g/mol. The van der Waals surface area contributed by atoms with Gasteiger partial charge in [-0.1, -0.05) is 26.0 Å². The molecular formula is C18H24N4O. The molecule has 1 amide bonds. The Balaban J connectivity index is 2.15. The molecule has 0 spiro atoms. The zero-order valence-electron chi connectivity index (χ0n) is 14.2. The molecule has 5 nitrogen and oxygen atoms in total. The lowest BCUT2D eigenvalue weighted by Crippen LogP contribution is -2.28. The molecule has 0 atom stereocenters. The van der Waals surface area contributed by atoms with Gasteiger partial charge in [0.25, 0.3) is 5.91 Å². The van der Waals surface area contributed by atoms with Crippen LogP contribution in [-0.4, -0.2) is 29.0 Å². The minimum absolute atomic E-state index is 0.135. The summed E-state index contributed by atoms with van der Waals surface area (Å²) >= 11 is 0. The van der Waals surface area contributed by atoms with Crippen molar-refractivity contribution in [2.24, 2.45) is 5.92 Å². The molecule has 0 radical (unpaired) electrons. The number of hydrogen-bond donors (Lipinski definition) is 1. The van der Waals surface area contributed by atoms with Gasteiger partial charge in [-0.05, 0) is 37.5 Å². The molecule has 2 rings (SSSR count). The first-order valence-electron chi connectivity index (χ1n) is 7.95. The van der Waals surface area contributed by atoms with E-state index in [4.69, 9.17) is 0 Å². The highest BCUT2D eigenvalue weighted by Gasteiger charge is 2.12. The second-order valence-electron chi connectivity index (χ2n) is 5.96. The molecule has 1 aromatic carbocycles. The van der Waals surface area contributed by atoms with Crippen LogP contribution in [0.4, 0.5) is 11.6 Å². The number of nitrogens with one attached hydrogen (secondary N) is 1. The number of benzene rings is 1. The summed E-state index contributed by atoms with van der Waals surface area (Å²) in [4.78, 5) is 22.7. The van der Waals surface area contributed by atoms with Crippen molar-refractivity contribution in [3.8, 4) is 0 Å². The zero-order chi connectivity index (χ0) is 16.8. The summed E-state index contributed by atoms with van der Waals surface area (Å²) < 4.78 is 0. The van der Waals surface area contributed by atoms with Crippen LogP contribution in [0.5, 0.6) is 0 Å². The molecule has 0 aliphatic rings. The smallest absolute Gasteiger partial charge is 0.254 e. The van der Waals surface area contributed by atoms with Gasteiger partial charge in [0.2, 0.25) is 5.95 Å². The highest BCUT2D eigenvalue weighted by molar-refractivity contribution is 5.93. The molecule has 0 fully saturated rings. The first-order chi connectivity index (χ1) is 11.0. The largest absolute Gasteiger partial charge is 0.352 e. The second-order valence-corrected chi connectivity index (χ2v) is 5.96. The van der Waals surface area contributed by atoms with Crippen LogP contribution < -0.4 is 10.2 Å². The minimum Gasteiger partial charge on any atom is -0.352 e. The molecule has 5 heteroatoms. The number of amides is 1. The lowest BCUT2D eigenvalue weighted by molar-refractivity contribution is 0.0948. The van der Waals surface area contributed by atoms with Gasteiger partial charge in [0.15, 0.2) is 0 Å². The number of carbonyl (C=O) groups excluding carboxylic acids is 1. The van der Waals surface area contributed by atoms with Gasteiger partial charge in [0, 0.05) is 31.2 Å². The lowest BCUT2D eigenvalue weighted by Gasteiger charge is -2.21. The van der Waals surface area contributed by atoms with Crippen molar-refractivity contribution in [2.75, 3.05) is 18.0 Å². The van der Waals surface area contributed by atoms with Crippen LogP contribution in [0.1, 0.15) is 36.7 Å². The Kier molecular flexibility index (Phi) is 5.68. The van der Waals surface area contributed by atoms with Crippen molar-refractivity contribution in [2.45, 2.75) is 27.7 Å². The molecule has 122 valence electrons. The Morgan fingerprint density at radius 2 is 1.96 bits per heavy atom. The maximum Gasteiger partial charge on any atom is 0.254 e. The van der Waals surface area contributed by atoms with E-state index in [0.717, 1.165) is 12.2 Å². The SMILES string of the molecule is CCN(c1cccc(C)c1)c1ncc(C(=O)NCC(C)C)cn1. The van der Waals surface area contributed by atoms with Crippen LogP contribution >= 0.6 is 0 Å². The van der Waals surface area contributed by atoms with Crippen LogP contribution in [0.15, 0.2) is 36.7 Å². The van der Waals surface area contributed by atoms with E-state index in [1.807, 2.05) is 17.0 Å². The Bertz CT molecular complexity index is 652. The molecule has 0 saturated carbocycles. The third kappa shape index (κ3) is 4.52. The molecule has 0 aliphatic heterocycles. The van der Waals surface area contributed by atoms with Gasteiger partial charge < -0.3 is 10.2 Å². The summed E-state index contributed by atoms with van der Waals surface area (Å²) in [6.07, 6.45) is 3.16. The van der Waals surface area contributed by atoms with Crippen LogP contribution in [0.3, 0.4) is 0 Å². The number of hydrogen-bond acceptors (Lipinski definition) is 4. The Hall–Kier alpha value is -2.43. The summed E-state index contributed by atoms with van der Waals surface area (Å²) in [5.41, 5.74) is 2.71. The first-order valence-corrected chi connectivity index (χ1v) is 7.95. The zero-order valence-corrected chi connectivity index (χ0v) is 14.2. The summed E-state index contributed by atoms with van der Waals surface area (Å²) in [7, 11) is 0. The number of nitrogens with zero attached hydrogens (tertiary/aromatic N) is 3. The van der Waals surface area contributed by atoms with E-state index >= 15 is 0 Å². The fourth-order valence-electron chi connectivity index (χ4n) is 2.21. The minimum atomic E-state index is -0.135. The summed E-state index contributed by atoms with van der Waals surface area (Å²) in [5.74, 6) is 0.874. The Labute approximate surface area is 137 Å². The molecular weight excluding hydrogens is 288 g/mol. The van der Waals surface area contributed by atoms with Gasteiger partial charge in [-0.3, -0.25) is 4.79 Å². The highest BCUT2D eigenvalue weighted by Crippen LogP contribution is 2.22. The van der Waals surface area contributed by atoms with E-state index < -0.39 is 0 Å². The van der Waals surface area contributed by atoms with Gasteiger partial charge in [-0.15, -0.1) is 0 Å². The third-order valence-electron chi connectivity index (χ3n) is 3.44. The molecule has 0 saturated heterocycles. The maximum atomic E-state index is 12.0. The van der Waals surface area contributed by atoms with Gasteiger partial charge >= 0.3 is 0 Å². The van der Waals surface area contributed by atoms with Crippen molar-refractivity contribution in [3.63, 3.8) is 0 Å². The number of carbonyl (C=O) groups is 1. The lowest BCUT2D eigenvalue weighted by atomic mass is 10.2. The topological polar surface area (TPSA) is 58.1 Å². The van der Waals surface area contributed by atoms with E-state index in [0.29, 0.717) is 24.0 Å². The normalized spacial score (nSPS) is 10.7. The fraction of sp³-hybridized carbons (Fsp3) is 0.389. The van der Waals surface area contributed by atoms with Crippen molar-refractivity contribution in [1.29, 1.82) is 0 Å². The predicted molar refractivity (Wildman–Crippen MR) is 93.1 cm³/mol. The summed E-state index contributed by atoms with van der Waals surface area (Å²) in [5, 5.41) is 2.87. The summed E-state index contributed by atoms with van der Waals surface area (Å²) in [6.45, 7) is 9.62. The molecule has 2 aromatic rings. The Morgan fingerprint density at radius 1 is 1.26 bits per heavy atom. The van der Waals surface area contributed by atoms with E-state index in [9.17, 15) is 4.79 Å². The van der Waals surface area contributed by atoms with Gasteiger partial charge in [-0.2, -0.15) is 0 Å². The molecule has 1 heterocycles. The molecule has 1 aromatic heterocycles. The Morgan fingerprint density at radius 3 is 2.52 bits per heavy atom. The molecule has 0 bridgehead atoms. The third-order valence-corrected chi connectivity index (χ3v) is 3.44. The van der Waals surface area contributed by atoms with E-state index in [-0.39, 0.29) is 5.91 Å². The average molecular weight is 312 g/mol. The van der Waals surface area contributed by atoms with E-state index in [1.54, 1.807) is 12.4 Å². The standard InChI is InChI=1S/C18H24N4O/c1-5-22(16-8-6-7-14(4)9-16)18-20-11-15(12-21-18)17(23)19-10-13(2)3/h6-9,11-13H,5,10H2,1-4H3,(H,19,23). The van der Waals surface area contributed by atoms with Crippen LogP contribution in [0.2, 0.25) is 0 Å². The second kappa shape index (κ2) is 7.72. The number of aryl methyl sites for hydroxylation is 1. The van der Waals surface area contributed by atoms with Gasteiger partial charge in [0.05, 0.1) is 5.56 Å². The van der Waals surface area contributed by atoms with Crippen LogP contribution in [0, 0.1) is 12.8 Å². The number of aromatic nitrogens is 2. The van der Waals surface area contributed by atoms with Crippen LogP contribution in [0.25, 0.3) is 0 Å². The van der Waals surface area contributed by atoms with Gasteiger partial charge in [0.1, 0.15) is 0 Å². The van der Waals surface area contributed by atoms with Crippen LogP contribution in [-0.2, 0) is 0 Å². The van der Waals surface area contributed by atoms with E-state index in [2.05, 4.69) is 55.1 Å². The summed E-state index contributed by atoms with van der Waals surface area (Å²) in [6, 6.07) is 8.20. The fourth-order valence-corrected chi connectivity index (χ4v) is 2.21. The quantitative estimate of drug-likeness (QED) is 0.889. The highest BCUT2D eigenvalue weighted by atomic mass is 16.1. The average Bonchev–Trinajstić information content (AvgIpc) is 2.54. The first kappa shape index (κ1) is 16.9. The number of rotatable bonds is 6. The number of anilines is 2. The van der Waals surface area contributed by atoms with Crippen molar-refractivity contribution >= 4 is 17.5 Å². The predicted octanol–water partition coefficient (Wildman–Crippen LogP) is 3.33. The maximum absolute atomic E-state index is 12.0. The molecule has 0 aliphatic carbocycles. The van der Waals surface area contributed by atoms with Crippen molar-refractivity contribution in [1.82, 2.24) is 15.3 Å². The van der Waals surface area contributed by atoms with Crippen molar-refractivity contribution in [3.05, 3.63) is 47.8 Å². The molecule has 1 N–H and O–H groups in total. The van der Waals surface area contributed by atoms with E-state index in [1.165, 1.54) is 5.56 Å². The molecule has 0 unspecified atom stereocenters. The molecule has 23 heavy (non-hydrogen) atoms.